The summed E-state index contributed by atoms with van der Waals surface area (Å²) in [5.74, 6) is 2.66. The molecule has 0 amide bonds. The van der Waals surface area contributed by atoms with E-state index in [1.165, 1.54) is 77.3 Å². The minimum atomic E-state index is 0.453. The maximum atomic E-state index is 7.05. The van der Waals surface area contributed by atoms with Crippen molar-refractivity contribution in [2.75, 3.05) is 26.2 Å². The molecule has 2 aromatic rings. The van der Waals surface area contributed by atoms with E-state index < -0.39 is 0 Å². The maximum absolute atomic E-state index is 7.05. The summed E-state index contributed by atoms with van der Waals surface area (Å²) in [7, 11) is 0. The molecular formula is C31H40N2O. The van der Waals surface area contributed by atoms with Gasteiger partial charge in [-0.2, -0.15) is 0 Å². The van der Waals surface area contributed by atoms with Crippen LogP contribution in [0, 0.1) is 18.4 Å². The quantitative estimate of drug-likeness (QED) is 0.301. The zero-order valence-electron chi connectivity index (χ0n) is 20.7. The second-order valence-electron chi connectivity index (χ2n) is 10.9. The Labute approximate surface area is 206 Å². The number of ether oxygens (including phenoxy) is 1. The summed E-state index contributed by atoms with van der Waals surface area (Å²) in [6.45, 7) is 11.4. The van der Waals surface area contributed by atoms with E-state index in [1.807, 2.05) is 24.3 Å². The fourth-order valence-corrected chi connectivity index (χ4v) is 7.26. The number of nitrogens with zero attached hydrogens (tertiary/aromatic N) is 2. The molecule has 0 bridgehead atoms. The highest BCUT2D eigenvalue weighted by Crippen LogP contribution is 2.53. The van der Waals surface area contributed by atoms with Crippen LogP contribution in [-0.2, 0) is 11.8 Å². The van der Waals surface area contributed by atoms with Crippen LogP contribution in [0.25, 0.3) is 4.85 Å². The highest BCUT2D eigenvalue weighted by molar-refractivity contribution is 5.47. The van der Waals surface area contributed by atoms with Gasteiger partial charge in [-0.15, -0.1) is 0 Å². The third kappa shape index (κ3) is 5.18. The summed E-state index contributed by atoms with van der Waals surface area (Å²) >= 11 is 0. The standard InChI is InChI=1S/C31H40N2O/c1-32-28-13-15-29(16-14-28)34-23-7-20-33-21-17-25(18-22-33)24-31(27-10-3-4-11-27)19-6-9-26-8-2-5-12-30(26)31/h2,5,8,12-16,25,27H,3-4,6-7,9-11,17-24H2. The molecule has 3 nitrogen and oxygen atoms in total. The van der Waals surface area contributed by atoms with E-state index in [9.17, 15) is 0 Å². The van der Waals surface area contributed by atoms with Crippen LogP contribution in [-0.4, -0.2) is 31.1 Å². The van der Waals surface area contributed by atoms with E-state index in [0.717, 1.165) is 37.2 Å². The van der Waals surface area contributed by atoms with Crippen molar-refractivity contribution in [3.8, 4) is 5.75 Å². The molecule has 34 heavy (non-hydrogen) atoms. The molecule has 0 radical (unpaired) electrons. The molecule has 1 saturated heterocycles. The van der Waals surface area contributed by atoms with Crippen molar-refractivity contribution in [1.29, 1.82) is 0 Å². The van der Waals surface area contributed by atoms with Crippen LogP contribution >= 0.6 is 0 Å². The topological polar surface area (TPSA) is 16.8 Å². The van der Waals surface area contributed by atoms with Crippen LogP contribution in [0.1, 0.15) is 75.3 Å². The maximum Gasteiger partial charge on any atom is 0.187 e. The van der Waals surface area contributed by atoms with Crippen LogP contribution in [0.4, 0.5) is 5.69 Å². The molecule has 1 saturated carbocycles. The normalized spacial score (nSPS) is 24.0. The number of rotatable bonds is 8. The largest absolute Gasteiger partial charge is 0.494 e. The first-order valence-corrected chi connectivity index (χ1v) is 13.7. The predicted molar refractivity (Wildman–Crippen MR) is 140 cm³/mol. The summed E-state index contributed by atoms with van der Waals surface area (Å²) in [5, 5.41) is 0. The lowest BCUT2D eigenvalue weighted by atomic mass is 9.58. The van der Waals surface area contributed by atoms with E-state index >= 15 is 0 Å². The van der Waals surface area contributed by atoms with Crippen LogP contribution in [0.15, 0.2) is 48.5 Å². The van der Waals surface area contributed by atoms with Crippen LogP contribution in [0.2, 0.25) is 0 Å². The molecule has 0 aromatic heterocycles. The van der Waals surface area contributed by atoms with Gasteiger partial charge in [-0.25, -0.2) is 4.85 Å². The monoisotopic (exact) mass is 456 g/mol. The number of likely N-dealkylation sites (tertiary alicyclic amines) is 1. The predicted octanol–water partition coefficient (Wildman–Crippen LogP) is 7.57. The fourth-order valence-electron chi connectivity index (χ4n) is 7.26. The molecule has 2 fully saturated rings. The van der Waals surface area contributed by atoms with Crippen molar-refractivity contribution < 1.29 is 4.74 Å². The second kappa shape index (κ2) is 11.0. The van der Waals surface area contributed by atoms with E-state index in [0.29, 0.717) is 11.1 Å². The van der Waals surface area contributed by atoms with Gasteiger partial charge in [-0.1, -0.05) is 49.2 Å². The van der Waals surface area contributed by atoms with E-state index in [4.69, 9.17) is 11.3 Å². The van der Waals surface area contributed by atoms with Crippen molar-refractivity contribution in [2.45, 2.75) is 76.0 Å². The summed E-state index contributed by atoms with van der Waals surface area (Å²) in [6, 6.07) is 16.9. The van der Waals surface area contributed by atoms with Gasteiger partial charge in [0.15, 0.2) is 5.69 Å². The lowest BCUT2D eigenvalue weighted by Gasteiger charge is -2.47. The molecule has 180 valence electrons. The molecule has 0 N–H and O–H groups in total. The first-order valence-electron chi connectivity index (χ1n) is 13.7. The number of aryl methyl sites for hydroxylation is 1. The molecule has 2 aromatic carbocycles. The minimum Gasteiger partial charge on any atom is -0.494 e. The van der Waals surface area contributed by atoms with Crippen molar-refractivity contribution in [2.24, 2.45) is 11.8 Å². The van der Waals surface area contributed by atoms with Gasteiger partial charge in [-0.05, 0) is 111 Å². The average molecular weight is 457 g/mol. The first kappa shape index (κ1) is 23.4. The zero-order valence-corrected chi connectivity index (χ0v) is 20.7. The van der Waals surface area contributed by atoms with E-state index in [1.54, 1.807) is 11.1 Å². The van der Waals surface area contributed by atoms with Gasteiger partial charge in [0.05, 0.1) is 13.2 Å². The fraction of sp³-hybridized carbons (Fsp3) is 0.581. The van der Waals surface area contributed by atoms with E-state index in [-0.39, 0.29) is 0 Å². The number of benzene rings is 2. The molecule has 1 atom stereocenters. The molecular weight excluding hydrogens is 416 g/mol. The zero-order chi connectivity index (χ0) is 23.2. The number of hydrogen-bond acceptors (Lipinski definition) is 2. The van der Waals surface area contributed by atoms with E-state index in [2.05, 4.69) is 34.0 Å². The Balaban J connectivity index is 1.13. The molecule has 1 heterocycles. The second-order valence-corrected chi connectivity index (χ2v) is 10.9. The van der Waals surface area contributed by atoms with Crippen molar-refractivity contribution in [3.63, 3.8) is 0 Å². The molecule has 2 aliphatic carbocycles. The third-order valence-electron chi connectivity index (χ3n) is 8.97. The minimum absolute atomic E-state index is 0.453. The Kier molecular flexibility index (Phi) is 7.55. The van der Waals surface area contributed by atoms with Crippen LogP contribution in [0.5, 0.6) is 5.75 Å². The SMILES string of the molecule is [C-]#[N+]c1ccc(OCCCN2CCC(CC3(C4CCCC4)CCCc4ccccc43)CC2)cc1. The molecule has 1 unspecified atom stereocenters. The molecule has 3 heteroatoms. The number of piperidine rings is 1. The van der Waals surface area contributed by atoms with Gasteiger partial charge in [0.2, 0.25) is 0 Å². The van der Waals surface area contributed by atoms with Crippen molar-refractivity contribution >= 4 is 5.69 Å². The van der Waals surface area contributed by atoms with Gasteiger partial charge in [0.25, 0.3) is 0 Å². The highest BCUT2D eigenvalue weighted by Gasteiger charge is 2.45. The summed E-state index contributed by atoms with van der Waals surface area (Å²) in [6.07, 6.45) is 15.1. The number of hydrogen-bond donors (Lipinski definition) is 0. The first-order chi connectivity index (χ1) is 16.8. The number of fused-ring (bicyclic) bond motifs is 1. The lowest BCUT2D eigenvalue weighted by molar-refractivity contribution is 0.121. The molecule has 3 aliphatic rings. The smallest absolute Gasteiger partial charge is 0.187 e. The Morgan fingerprint density at radius 1 is 0.941 bits per heavy atom. The van der Waals surface area contributed by atoms with Gasteiger partial charge in [-0.3, -0.25) is 0 Å². The summed E-state index contributed by atoms with van der Waals surface area (Å²) in [5.41, 5.74) is 4.51. The van der Waals surface area contributed by atoms with Crippen LogP contribution in [0.3, 0.4) is 0 Å². The van der Waals surface area contributed by atoms with Crippen molar-refractivity contribution in [1.82, 2.24) is 4.90 Å². The lowest BCUT2D eigenvalue weighted by Crippen LogP contribution is -2.42. The Hall–Kier alpha value is -2.31. The van der Waals surface area contributed by atoms with Gasteiger partial charge in [0, 0.05) is 6.54 Å². The molecule has 0 spiro atoms. The average Bonchev–Trinajstić information content (AvgIpc) is 3.44. The Bertz CT molecular complexity index is 964. The van der Waals surface area contributed by atoms with Gasteiger partial charge >= 0.3 is 0 Å². The molecule has 5 rings (SSSR count). The highest BCUT2D eigenvalue weighted by atomic mass is 16.5. The Morgan fingerprint density at radius 2 is 1.71 bits per heavy atom. The van der Waals surface area contributed by atoms with Crippen LogP contribution < -0.4 is 4.74 Å². The van der Waals surface area contributed by atoms with Gasteiger partial charge < -0.3 is 9.64 Å². The van der Waals surface area contributed by atoms with Gasteiger partial charge in [0.1, 0.15) is 5.75 Å². The third-order valence-corrected chi connectivity index (χ3v) is 8.97. The summed E-state index contributed by atoms with van der Waals surface area (Å²) in [4.78, 5) is 6.09. The Morgan fingerprint density at radius 3 is 2.47 bits per heavy atom. The molecule has 1 aliphatic heterocycles. The summed E-state index contributed by atoms with van der Waals surface area (Å²) < 4.78 is 5.89. The van der Waals surface area contributed by atoms with Crippen molar-refractivity contribution in [3.05, 3.63) is 71.1 Å².